The van der Waals surface area contributed by atoms with Gasteiger partial charge in [-0.15, -0.1) is 13.2 Å². The van der Waals surface area contributed by atoms with Crippen molar-refractivity contribution in [2.75, 3.05) is 25.0 Å². The van der Waals surface area contributed by atoms with Gasteiger partial charge >= 0.3 is 12.4 Å². The normalized spacial score (nSPS) is 24.0. The molecule has 5 rings (SSSR count). The number of tetrazole rings is 1. The zero-order valence-corrected chi connectivity index (χ0v) is 18.7. The zero-order valence-electron chi connectivity index (χ0n) is 18.7. The van der Waals surface area contributed by atoms with E-state index in [0.717, 1.165) is 0 Å². The fourth-order valence-corrected chi connectivity index (χ4v) is 4.54. The van der Waals surface area contributed by atoms with Crippen LogP contribution in [0.5, 0.6) is 0 Å². The molecule has 35 heavy (non-hydrogen) atoms. The van der Waals surface area contributed by atoms with Crippen molar-refractivity contribution in [2.24, 2.45) is 7.05 Å². The minimum atomic E-state index is -4.73. The molecule has 1 N–H and O–H groups in total. The van der Waals surface area contributed by atoms with Gasteiger partial charge in [0.2, 0.25) is 5.89 Å². The molecule has 0 aromatic carbocycles. The van der Waals surface area contributed by atoms with Gasteiger partial charge in [-0.3, -0.25) is 5.32 Å². The fourth-order valence-electron chi connectivity index (χ4n) is 4.54. The van der Waals surface area contributed by atoms with Crippen molar-refractivity contribution < 1.29 is 32.0 Å². The molecule has 2 aromatic heterocycles. The van der Waals surface area contributed by atoms with E-state index in [0.29, 0.717) is 50.7 Å². The highest BCUT2D eigenvalue weighted by Gasteiger charge is 2.45. The standard InChI is InChI=1S/C20H23F3N8O4/c1-30-17(26-28-29-30)25-18(32)31-8-6-19(7-9-31)10-13(11-33-19)15-24-16(35-27-15)12-2-4-14(5-3-12)34-20(21,22)23/h2,4-5,12-13H,3,6-11H2,1H3,(H,25,26,29,32). The number of carbonyl (C=O) groups excluding carboxylic acids is 1. The molecule has 15 heteroatoms. The summed E-state index contributed by atoms with van der Waals surface area (Å²) in [6.45, 7) is 1.46. The van der Waals surface area contributed by atoms with Crippen molar-refractivity contribution in [1.29, 1.82) is 0 Å². The Balaban J connectivity index is 1.14. The van der Waals surface area contributed by atoms with E-state index >= 15 is 0 Å². The summed E-state index contributed by atoms with van der Waals surface area (Å²) in [7, 11) is 1.64. The summed E-state index contributed by atoms with van der Waals surface area (Å²) in [5.41, 5.74) is -0.369. The number of urea groups is 1. The summed E-state index contributed by atoms with van der Waals surface area (Å²) in [6.07, 6.45) is 1.71. The topological polar surface area (TPSA) is 133 Å². The van der Waals surface area contributed by atoms with Crippen molar-refractivity contribution in [2.45, 2.75) is 49.5 Å². The first-order chi connectivity index (χ1) is 16.7. The third kappa shape index (κ3) is 5.13. The molecular formula is C20H23F3N8O4. The number of hydrogen-bond donors (Lipinski definition) is 1. The summed E-state index contributed by atoms with van der Waals surface area (Å²) in [4.78, 5) is 18.7. The van der Waals surface area contributed by atoms with E-state index in [2.05, 4.69) is 35.7 Å². The molecule has 4 heterocycles. The Morgan fingerprint density at radius 3 is 2.77 bits per heavy atom. The first-order valence-electron chi connectivity index (χ1n) is 11.1. The summed E-state index contributed by atoms with van der Waals surface area (Å²) < 4.78 is 53.9. The van der Waals surface area contributed by atoms with E-state index in [1.54, 1.807) is 18.0 Å². The lowest BCUT2D eigenvalue weighted by atomic mass is 9.85. The Morgan fingerprint density at radius 1 is 1.31 bits per heavy atom. The van der Waals surface area contributed by atoms with Crippen molar-refractivity contribution in [1.82, 2.24) is 35.2 Å². The lowest BCUT2D eigenvalue weighted by Gasteiger charge is -2.38. The summed E-state index contributed by atoms with van der Waals surface area (Å²) in [5.74, 6) is 0.482. The lowest BCUT2D eigenvalue weighted by Crippen LogP contribution is -2.48. The summed E-state index contributed by atoms with van der Waals surface area (Å²) in [5, 5.41) is 17.7. The molecule has 0 bridgehead atoms. The largest absolute Gasteiger partial charge is 0.573 e. The quantitative estimate of drug-likeness (QED) is 0.678. The van der Waals surface area contributed by atoms with Crippen molar-refractivity contribution >= 4 is 12.0 Å². The number of nitrogens with zero attached hydrogens (tertiary/aromatic N) is 7. The summed E-state index contributed by atoms with van der Waals surface area (Å²) in [6, 6.07) is -0.270. The Hall–Kier alpha value is -3.49. The maximum absolute atomic E-state index is 12.5. The van der Waals surface area contributed by atoms with Crippen LogP contribution in [0.3, 0.4) is 0 Å². The Kier molecular flexibility index (Phi) is 5.94. The van der Waals surface area contributed by atoms with Crippen LogP contribution in [0, 0.1) is 0 Å². The Labute approximate surface area is 197 Å². The highest BCUT2D eigenvalue weighted by molar-refractivity contribution is 5.87. The van der Waals surface area contributed by atoms with E-state index in [4.69, 9.17) is 9.26 Å². The molecule has 2 amide bonds. The highest BCUT2D eigenvalue weighted by Crippen LogP contribution is 2.42. The number of likely N-dealkylation sites (tertiary alicyclic amines) is 1. The molecule has 2 unspecified atom stereocenters. The first-order valence-corrected chi connectivity index (χ1v) is 11.1. The molecule has 188 valence electrons. The molecule has 2 fully saturated rings. The van der Waals surface area contributed by atoms with Crippen LogP contribution in [0.2, 0.25) is 0 Å². The maximum Gasteiger partial charge on any atom is 0.573 e. The molecule has 1 spiro atoms. The number of anilines is 1. The molecule has 1 aliphatic carbocycles. The number of ether oxygens (including phenoxy) is 2. The Bertz CT molecular complexity index is 1140. The van der Waals surface area contributed by atoms with Gasteiger partial charge in [-0.05, 0) is 48.3 Å². The van der Waals surface area contributed by atoms with Crippen molar-refractivity contribution in [3.63, 3.8) is 0 Å². The van der Waals surface area contributed by atoms with Gasteiger partial charge in [0.05, 0.1) is 18.1 Å². The molecule has 2 aromatic rings. The number of nitrogens with one attached hydrogen (secondary N) is 1. The Morgan fingerprint density at radius 2 is 2.11 bits per heavy atom. The predicted molar refractivity (Wildman–Crippen MR) is 111 cm³/mol. The van der Waals surface area contributed by atoms with E-state index in [-0.39, 0.29) is 41.6 Å². The maximum atomic E-state index is 12.5. The molecule has 12 nitrogen and oxygen atoms in total. The number of aromatic nitrogens is 6. The third-order valence-corrected chi connectivity index (χ3v) is 6.45. The number of piperidine rings is 1. The number of carbonyl (C=O) groups is 1. The van der Waals surface area contributed by atoms with E-state index in [1.165, 1.54) is 16.8 Å². The summed E-state index contributed by atoms with van der Waals surface area (Å²) >= 11 is 0. The number of amides is 2. The SMILES string of the molecule is Cn1nnnc1NC(=O)N1CCC2(CC1)CC(c1noc(C3C=CC(OC(F)(F)F)=CC3)n1)CO2. The van der Waals surface area contributed by atoms with Gasteiger partial charge in [-0.25, -0.2) is 9.48 Å². The van der Waals surface area contributed by atoms with Crippen molar-refractivity contribution in [3.8, 4) is 0 Å². The molecule has 3 aliphatic rings. The molecule has 2 saturated heterocycles. The lowest BCUT2D eigenvalue weighted by molar-refractivity contribution is -0.303. The monoisotopic (exact) mass is 496 g/mol. The van der Waals surface area contributed by atoms with Crippen LogP contribution in [0.15, 0.2) is 28.5 Å². The molecule has 2 atom stereocenters. The van der Waals surface area contributed by atoms with Crippen LogP contribution in [0.1, 0.15) is 49.2 Å². The number of hydrogen-bond acceptors (Lipinski definition) is 9. The second-order valence-corrected chi connectivity index (χ2v) is 8.78. The van der Waals surface area contributed by atoms with E-state index in [1.807, 2.05) is 0 Å². The number of halogens is 3. The average molecular weight is 496 g/mol. The van der Waals surface area contributed by atoms with Crippen LogP contribution < -0.4 is 5.32 Å². The first kappa shape index (κ1) is 23.3. The van der Waals surface area contributed by atoms with Crippen LogP contribution in [-0.2, 0) is 16.5 Å². The smallest absolute Gasteiger partial charge is 0.406 e. The van der Waals surface area contributed by atoms with Gasteiger partial charge in [0, 0.05) is 26.1 Å². The minimum Gasteiger partial charge on any atom is -0.406 e. The molecule has 0 saturated carbocycles. The van der Waals surface area contributed by atoms with Crippen LogP contribution in [0.4, 0.5) is 23.9 Å². The van der Waals surface area contributed by atoms with E-state index in [9.17, 15) is 18.0 Å². The van der Waals surface area contributed by atoms with Crippen molar-refractivity contribution in [3.05, 3.63) is 35.7 Å². The minimum absolute atomic E-state index is 0.0650. The van der Waals surface area contributed by atoms with Gasteiger partial charge < -0.3 is 18.9 Å². The van der Waals surface area contributed by atoms with Crippen LogP contribution in [-0.4, -0.2) is 72.9 Å². The number of allylic oxidation sites excluding steroid dienone is 3. The third-order valence-electron chi connectivity index (χ3n) is 6.45. The van der Waals surface area contributed by atoms with Crippen LogP contribution in [0.25, 0.3) is 0 Å². The highest BCUT2D eigenvalue weighted by atomic mass is 19.4. The van der Waals surface area contributed by atoms with Gasteiger partial charge in [0.1, 0.15) is 5.76 Å². The number of alkyl halides is 3. The fraction of sp³-hybridized carbons (Fsp3) is 0.600. The number of aryl methyl sites for hydroxylation is 1. The zero-order chi connectivity index (χ0) is 24.6. The second kappa shape index (κ2) is 8.94. The predicted octanol–water partition coefficient (Wildman–Crippen LogP) is 2.63. The average Bonchev–Trinajstić information content (AvgIpc) is 3.55. The molecule has 2 aliphatic heterocycles. The molecule has 0 radical (unpaired) electrons. The van der Waals surface area contributed by atoms with Gasteiger partial charge in [0.15, 0.2) is 5.82 Å². The van der Waals surface area contributed by atoms with Gasteiger partial charge in [0.25, 0.3) is 5.95 Å². The molecular weight excluding hydrogens is 473 g/mol. The van der Waals surface area contributed by atoms with Gasteiger partial charge in [-0.1, -0.05) is 16.3 Å². The number of rotatable bonds is 4. The second-order valence-electron chi connectivity index (χ2n) is 8.78. The van der Waals surface area contributed by atoms with E-state index < -0.39 is 6.36 Å². The van der Waals surface area contributed by atoms with Gasteiger partial charge in [-0.2, -0.15) is 4.98 Å². The van der Waals surface area contributed by atoms with Crippen LogP contribution >= 0.6 is 0 Å².